The first-order valence-corrected chi connectivity index (χ1v) is 7.18. The van der Waals surface area contributed by atoms with Crippen LogP contribution in [0.2, 0.25) is 0 Å². The average molecular weight is 362 g/mol. The Hall–Kier alpha value is -2.54. The van der Waals surface area contributed by atoms with E-state index in [2.05, 4.69) is 31.4 Å². The quantitative estimate of drug-likeness (QED) is 0.546. The molecule has 0 radical (unpaired) electrons. The molecule has 0 spiro atoms. The summed E-state index contributed by atoms with van der Waals surface area (Å²) >= 11 is 3.34. The van der Waals surface area contributed by atoms with Crippen LogP contribution in [0.1, 0.15) is 5.56 Å². The Morgan fingerprint density at radius 2 is 2.18 bits per heavy atom. The van der Waals surface area contributed by atoms with Crippen molar-refractivity contribution in [2.75, 3.05) is 12.5 Å². The van der Waals surface area contributed by atoms with Gasteiger partial charge in [-0.1, -0.05) is 28.1 Å². The average Bonchev–Trinajstić information content (AvgIpc) is 2.93. The van der Waals surface area contributed by atoms with E-state index in [1.54, 1.807) is 12.1 Å². The van der Waals surface area contributed by atoms with E-state index in [4.69, 9.17) is 9.15 Å². The van der Waals surface area contributed by atoms with E-state index < -0.39 is 0 Å². The predicted molar refractivity (Wildman–Crippen MR) is 87.6 cm³/mol. The van der Waals surface area contributed by atoms with Gasteiger partial charge in [-0.2, -0.15) is 10.1 Å². The number of ether oxygens (including phenoxy) is 1. The van der Waals surface area contributed by atoms with Crippen LogP contribution in [0.3, 0.4) is 0 Å². The first-order valence-electron chi connectivity index (χ1n) is 6.38. The topological polar surface area (TPSA) is 79.9 Å². The van der Waals surface area contributed by atoms with Gasteiger partial charge < -0.3 is 14.3 Å². The number of halogens is 1. The number of anilines is 1. The summed E-state index contributed by atoms with van der Waals surface area (Å²) in [5.74, 6) is 0.367. The summed E-state index contributed by atoms with van der Waals surface area (Å²) in [6, 6.07) is 11.1. The van der Waals surface area contributed by atoms with Crippen LogP contribution in [-0.4, -0.2) is 23.4 Å². The zero-order chi connectivity index (χ0) is 15.5. The minimum Gasteiger partial charge on any atom is -0.504 e. The second-order valence-electron chi connectivity index (χ2n) is 4.40. The minimum absolute atomic E-state index is 0.00816. The SMILES string of the molecule is COc1cc(Br)cc(/C=N\Nc2nc3ccccc3o2)c1O. The van der Waals surface area contributed by atoms with Gasteiger partial charge in [0.05, 0.1) is 13.3 Å². The number of phenolic OH excluding ortho intramolecular Hbond substituents is 1. The van der Waals surface area contributed by atoms with Gasteiger partial charge in [0.15, 0.2) is 17.1 Å². The van der Waals surface area contributed by atoms with Crippen LogP contribution in [0.4, 0.5) is 6.01 Å². The predicted octanol–water partition coefficient (Wildman–Crippen LogP) is 3.75. The molecule has 0 bridgehead atoms. The number of benzene rings is 2. The molecular formula is C15H12BrN3O3. The minimum atomic E-state index is 0.00816. The van der Waals surface area contributed by atoms with Crippen LogP contribution < -0.4 is 10.2 Å². The van der Waals surface area contributed by atoms with Gasteiger partial charge in [0.1, 0.15) is 5.52 Å². The Kier molecular flexibility index (Phi) is 3.97. The molecule has 6 nitrogen and oxygen atoms in total. The Bertz CT molecular complexity index is 812. The van der Waals surface area contributed by atoms with Crippen molar-refractivity contribution in [1.29, 1.82) is 0 Å². The largest absolute Gasteiger partial charge is 0.504 e. The van der Waals surface area contributed by atoms with Crippen molar-refractivity contribution in [3.05, 3.63) is 46.4 Å². The molecule has 0 amide bonds. The number of phenols is 1. The van der Waals surface area contributed by atoms with Gasteiger partial charge in [-0.15, -0.1) is 0 Å². The first-order chi connectivity index (χ1) is 10.7. The van der Waals surface area contributed by atoms with Crippen molar-refractivity contribution in [2.24, 2.45) is 5.10 Å². The number of hydrogen-bond donors (Lipinski definition) is 2. The Labute approximate surface area is 134 Å². The van der Waals surface area contributed by atoms with Gasteiger partial charge in [0.25, 0.3) is 0 Å². The smallest absolute Gasteiger partial charge is 0.316 e. The molecule has 22 heavy (non-hydrogen) atoms. The second-order valence-corrected chi connectivity index (χ2v) is 5.32. The van der Waals surface area contributed by atoms with Gasteiger partial charge in [-0.05, 0) is 24.3 Å². The summed E-state index contributed by atoms with van der Waals surface area (Å²) in [4.78, 5) is 4.23. The lowest BCUT2D eigenvalue weighted by Gasteiger charge is -2.06. The molecule has 0 unspecified atom stereocenters. The molecule has 0 fully saturated rings. The highest BCUT2D eigenvalue weighted by molar-refractivity contribution is 9.10. The number of hydrazone groups is 1. The number of methoxy groups -OCH3 is 1. The number of rotatable bonds is 4. The van der Waals surface area contributed by atoms with Crippen LogP contribution >= 0.6 is 15.9 Å². The zero-order valence-corrected chi connectivity index (χ0v) is 13.2. The summed E-state index contributed by atoms with van der Waals surface area (Å²) in [6.45, 7) is 0. The summed E-state index contributed by atoms with van der Waals surface area (Å²) in [5.41, 5.74) is 4.60. The Morgan fingerprint density at radius 1 is 1.36 bits per heavy atom. The third kappa shape index (κ3) is 2.89. The molecule has 1 heterocycles. The lowest BCUT2D eigenvalue weighted by molar-refractivity contribution is 0.373. The van der Waals surface area contributed by atoms with Crippen molar-refractivity contribution < 1.29 is 14.3 Å². The second kappa shape index (κ2) is 6.07. The van der Waals surface area contributed by atoms with Crippen molar-refractivity contribution in [3.8, 4) is 11.5 Å². The fourth-order valence-corrected chi connectivity index (χ4v) is 2.38. The maximum atomic E-state index is 10.0. The van der Waals surface area contributed by atoms with Crippen molar-refractivity contribution in [1.82, 2.24) is 4.98 Å². The number of nitrogens with one attached hydrogen (secondary N) is 1. The molecule has 0 aliphatic rings. The number of aromatic hydroxyl groups is 1. The maximum absolute atomic E-state index is 10.0. The lowest BCUT2D eigenvalue weighted by atomic mass is 10.2. The molecule has 0 atom stereocenters. The van der Waals surface area contributed by atoms with Gasteiger partial charge in [0, 0.05) is 10.0 Å². The molecule has 2 N–H and O–H groups in total. The highest BCUT2D eigenvalue weighted by Gasteiger charge is 2.08. The summed E-state index contributed by atoms with van der Waals surface area (Å²) in [6.07, 6.45) is 1.46. The van der Waals surface area contributed by atoms with E-state index in [-0.39, 0.29) is 11.8 Å². The standard InChI is InChI=1S/C15H12BrN3O3/c1-21-13-7-10(16)6-9(14(13)20)8-17-19-15-18-11-4-2-3-5-12(11)22-15/h2-8,20H,1H3,(H,18,19)/b17-8-. The van der Waals surface area contributed by atoms with Gasteiger partial charge >= 0.3 is 6.01 Å². The van der Waals surface area contributed by atoms with Crippen molar-refractivity contribution in [3.63, 3.8) is 0 Å². The Morgan fingerprint density at radius 3 is 2.95 bits per heavy atom. The normalized spacial score (nSPS) is 11.2. The maximum Gasteiger partial charge on any atom is 0.316 e. The van der Waals surface area contributed by atoms with E-state index in [0.29, 0.717) is 16.9 Å². The summed E-state index contributed by atoms with van der Waals surface area (Å²) in [7, 11) is 1.49. The molecule has 0 saturated heterocycles. The summed E-state index contributed by atoms with van der Waals surface area (Å²) in [5, 5.41) is 14.0. The number of oxazole rings is 1. The number of aromatic nitrogens is 1. The fraction of sp³-hybridized carbons (Fsp3) is 0.0667. The molecule has 1 aromatic heterocycles. The molecule has 2 aromatic carbocycles. The van der Waals surface area contributed by atoms with Crippen LogP contribution in [0.5, 0.6) is 11.5 Å². The van der Waals surface area contributed by atoms with E-state index in [1.807, 2.05) is 24.3 Å². The molecule has 112 valence electrons. The Balaban J connectivity index is 1.81. The first kappa shape index (κ1) is 14.4. The molecule has 7 heteroatoms. The lowest BCUT2D eigenvalue weighted by Crippen LogP contribution is -1.93. The van der Waals surface area contributed by atoms with E-state index in [1.165, 1.54) is 13.3 Å². The van der Waals surface area contributed by atoms with E-state index >= 15 is 0 Å². The molecule has 0 saturated carbocycles. The van der Waals surface area contributed by atoms with E-state index in [0.717, 1.165) is 9.99 Å². The van der Waals surface area contributed by atoms with Gasteiger partial charge in [-0.3, -0.25) is 0 Å². The van der Waals surface area contributed by atoms with Crippen LogP contribution in [0.25, 0.3) is 11.1 Å². The third-order valence-corrected chi connectivity index (χ3v) is 3.40. The molecular weight excluding hydrogens is 350 g/mol. The fourth-order valence-electron chi connectivity index (χ4n) is 1.93. The highest BCUT2D eigenvalue weighted by atomic mass is 79.9. The third-order valence-electron chi connectivity index (χ3n) is 2.95. The van der Waals surface area contributed by atoms with Crippen LogP contribution in [0.15, 0.2) is 50.4 Å². The number of para-hydroxylation sites is 2. The van der Waals surface area contributed by atoms with E-state index in [9.17, 15) is 5.11 Å². The van der Waals surface area contributed by atoms with Crippen molar-refractivity contribution >= 4 is 39.3 Å². The highest BCUT2D eigenvalue weighted by Crippen LogP contribution is 2.32. The molecule has 0 aliphatic carbocycles. The van der Waals surface area contributed by atoms with Gasteiger partial charge in [-0.25, -0.2) is 5.43 Å². The summed E-state index contributed by atoms with van der Waals surface area (Å²) < 4.78 is 11.3. The molecule has 0 aliphatic heterocycles. The van der Waals surface area contributed by atoms with Crippen LogP contribution in [-0.2, 0) is 0 Å². The zero-order valence-electron chi connectivity index (χ0n) is 11.6. The molecule has 3 rings (SSSR count). The monoisotopic (exact) mass is 361 g/mol. The number of fused-ring (bicyclic) bond motifs is 1. The molecule has 3 aromatic rings. The van der Waals surface area contributed by atoms with Crippen LogP contribution in [0, 0.1) is 0 Å². The van der Waals surface area contributed by atoms with Crippen molar-refractivity contribution in [2.45, 2.75) is 0 Å². The number of hydrogen-bond acceptors (Lipinski definition) is 6. The van der Waals surface area contributed by atoms with Gasteiger partial charge in [0.2, 0.25) is 0 Å². The number of nitrogens with zero attached hydrogens (tertiary/aromatic N) is 2.